The predicted octanol–water partition coefficient (Wildman–Crippen LogP) is 4.50. The van der Waals surface area contributed by atoms with Gasteiger partial charge >= 0.3 is 5.97 Å². The topological polar surface area (TPSA) is 86.7 Å². The molecule has 4 rings (SSSR count). The van der Waals surface area contributed by atoms with Crippen molar-refractivity contribution < 1.29 is 28.5 Å². The number of benzene rings is 2. The Bertz CT molecular complexity index is 1180. The molecular formula is C27H30N2O6S. The Kier molecular flexibility index (Phi) is 8.32. The zero-order chi connectivity index (χ0) is 25.7. The second-order valence-corrected chi connectivity index (χ2v) is 9.50. The molecule has 2 atom stereocenters. The molecule has 2 heterocycles. The predicted molar refractivity (Wildman–Crippen MR) is 138 cm³/mol. The largest absolute Gasteiger partial charge is 0.493 e. The highest BCUT2D eigenvalue weighted by Gasteiger charge is 2.47. The number of ether oxygens (including phenoxy) is 4. The number of esters is 1. The molecule has 36 heavy (non-hydrogen) atoms. The summed E-state index contributed by atoms with van der Waals surface area (Å²) in [6.07, 6.45) is 0.661. The van der Waals surface area contributed by atoms with Gasteiger partial charge in [-0.1, -0.05) is 55.1 Å². The van der Waals surface area contributed by atoms with Gasteiger partial charge in [0.2, 0.25) is 5.91 Å². The lowest BCUT2D eigenvalue weighted by atomic mass is 9.93. The molecule has 1 amide bonds. The van der Waals surface area contributed by atoms with E-state index in [9.17, 15) is 9.59 Å². The van der Waals surface area contributed by atoms with Gasteiger partial charge in [0, 0.05) is 7.11 Å². The van der Waals surface area contributed by atoms with Gasteiger partial charge in [0.15, 0.2) is 16.7 Å². The SMILES string of the molecule is CCC1SC2=NC(C)=C(C(=O)OCCOC)C(c3ccc(OCc4ccccc4)c(OC)c3)N2C1=O. The van der Waals surface area contributed by atoms with Crippen molar-refractivity contribution in [1.82, 2.24) is 4.90 Å². The van der Waals surface area contributed by atoms with Crippen LogP contribution in [0.2, 0.25) is 0 Å². The Morgan fingerprint density at radius 2 is 1.86 bits per heavy atom. The average Bonchev–Trinajstić information content (AvgIpc) is 3.21. The highest BCUT2D eigenvalue weighted by molar-refractivity contribution is 8.15. The van der Waals surface area contributed by atoms with E-state index in [1.54, 1.807) is 31.1 Å². The first-order chi connectivity index (χ1) is 17.5. The minimum absolute atomic E-state index is 0.0793. The molecule has 1 fully saturated rings. The standard InChI is InChI=1S/C27H30N2O6S/c1-5-22-25(30)29-24(23(17(2)28-27(29)36-22)26(31)34-14-13-32-3)19-11-12-20(21(15-19)33-4)35-16-18-9-7-6-8-10-18/h6-12,15,22,24H,5,13-14,16H2,1-4H3. The van der Waals surface area contributed by atoms with Crippen LogP contribution in [0.15, 0.2) is 64.8 Å². The monoisotopic (exact) mass is 510 g/mol. The average molecular weight is 511 g/mol. The van der Waals surface area contributed by atoms with E-state index in [1.807, 2.05) is 43.3 Å². The number of carbonyl (C=O) groups excluding carboxylic acids is 2. The van der Waals surface area contributed by atoms with Crippen LogP contribution in [0.25, 0.3) is 0 Å². The minimum Gasteiger partial charge on any atom is -0.493 e. The fourth-order valence-electron chi connectivity index (χ4n) is 4.17. The van der Waals surface area contributed by atoms with E-state index in [1.165, 1.54) is 18.9 Å². The molecule has 1 saturated heterocycles. The van der Waals surface area contributed by atoms with Crippen molar-refractivity contribution >= 4 is 28.8 Å². The maximum atomic E-state index is 13.3. The summed E-state index contributed by atoms with van der Waals surface area (Å²) >= 11 is 1.42. The second-order valence-electron chi connectivity index (χ2n) is 8.33. The first kappa shape index (κ1) is 25.8. The van der Waals surface area contributed by atoms with Crippen LogP contribution in [-0.2, 0) is 25.7 Å². The van der Waals surface area contributed by atoms with Crippen molar-refractivity contribution in [3.05, 3.63) is 70.9 Å². The number of allylic oxidation sites excluding steroid dienone is 1. The number of amides is 1. The fraction of sp³-hybridized carbons (Fsp3) is 0.370. The smallest absolute Gasteiger partial charge is 0.338 e. The zero-order valence-electron chi connectivity index (χ0n) is 20.9. The number of rotatable bonds is 10. The molecule has 0 bridgehead atoms. The van der Waals surface area contributed by atoms with Crippen LogP contribution in [0, 0.1) is 0 Å². The van der Waals surface area contributed by atoms with E-state index < -0.39 is 12.0 Å². The van der Waals surface area contributed by atoms with E-state index in [2.05, 4.69) is 4.99 Å². The number of hydrogen-bond donors (Lipinski definition) is 0. The van der Waals surface area contributed by atoms with Crippen LogP contribution in [0.4, 0.5) is 0 Å². The maximum absolute atomic E-state index is 13.3. The van der Waals surface area contributed by atoms with Gasteiger partial charge in [-0.25, -0.2) is 9.79 Å². The molecule has 2 aliphatic rings. The third kappa shape index (κ3) is 5.27. The van der Waals surface area contributed by atoms with Crippen LogP contribution in [0.3, 0.4) is 0 Å². The molecule has 0 saturated carbocycles. The molecule has 0 radical (unpaired) electrons. The summed E-state index contributed by atoms with van der Waals surface area (Å²) in [5.74, 6) is 0.458. The van der Waals surface area contributed by atoms with Gasteiger partial charge in [-0.15, -0.1) is 0 Å². The molecular weight excluding hydrogens is 480 g/mol. The number of hydrogen-bond acceptors (Lipinski definition) is 8. The molecule has 9 heteroatoms. The molecule has 2 aromatic carbocycles. The third-order valence-electron chi connectivity index (χ3n) is 6.00. The van der Waals surface area contributed by atoms with Crippen molar-refractivity contribution in [2.45, 2.75) is 38.2 Å². The van der Waals surface area contributed by atoms with Crippen LogP contribution in [0.1, 0.15) is 37.4 Å². The summed E-state index contributed by atoms with van der Waals surface area (Å²) < 4.78 is 22.1. The molecule has 2 aromatic rings. The van der Waals surface area contributed by atoms with Crippen LogP contribution < -0.4 is 9.47 Å². The lowest BCUT2D eigenvalue weighted by Gasteiger charge is -2.33. The number of methoxy groups -OCH3 is 2. The summed E-state index contributed by atoms with van der Waals surface area (Å²) in [7, 11) is 3.10. The maximum Gasteiger partial charge on any atom is 0.338 e. The molecule has 0 N–H and O–H groups in total. The molecule has 2 aliphatic heterocycles. The molecule has 0 aromatic heterocycles. The van der Waals surface area contributed by atoms with Gasteiger partial charge in [-0.2, -0.15) is 0 Å². The Morgan fingerprint density at radius 1 is 1.08 bits per heavy atom. The summed E-state index contributed by atoms with van der Waals surface area (Å²) in [5, 5.41) is 0.337. The Hall–Kier alpha value is -3.30. The Labute approximate surface area is 215 Å². The van der Waals surface area contributed by atoms with Crippen molar-refractivity contribution in [3.63, 3.8) is 0 Å². The molecule has 0 aliphatic carbocycles. The van der Waals surface area contributed by atoms with E-state index >= 15 is 0 Å². The van der Waals surface area contributed by atoms with Gasteiger partial charge in [0.25, 0.3) is 0 Å². The van der Waals surface area contributed by atoms with Crippen LogP contribution in [-0.4, -0.2) is 54.6 Å². The van der Waals surface area contributed by atoms with Crippen molar-refractivity contribution in [2.75, 3.05) is 27.4 Å². The molecule has 190 valence electrons. The summed E-state index contributed by atoms with van der Waals surface area (Å²) in [5.41, 5.74) is 2.58. The highest BCUT2D eigenvalue weighted by atomic mass is 32.2. The third-order valence-corrected chi connectivity index (χ3v) is 7.32. The molecule has 0 spiro atoms. The number of aliphatic imine (C=N–C) groups is 1. The first-order valence-electron chi connectivity index (χ1n) is 11.8. The Balaban J connectivity index is 1.69. The number of carbonyl (C=O) groups is 2. The summed E-state index contributed by atoms with van der Waals surface area (Å²) in [4.78, 5) is 32.7. The van der Waals surface area contributed by atoms with Crippen molar-refractivity contribution in [3.8, 4) is 11.5 Å². The van der Waals surface area contributed by atoms with Crippen LogP contribution >= 0.6 is 11.8 Å². The summed E-state index contributed by atoms with van der Waals surface area (Å²) in [6, 6.07) is 14.6. The molecule has 2 unspecified atom stereocenters. The lowest BCUT2D eigenvalue weighted by molar-refractivity contribution is -0.141. The summed E-state index contributed by atoms with van der Waals surface area (Å²) in [6.45, 7) is 4.49. The number of thioether (sulfide) groups is 1. The lowest BCUT2D eigenvalue weighted by Crippen LogP contribution is -2.41. The van der Waals surface area contributed by atoms with E-state index in [-0.39, 0.29) is 24.4 Å². The number of fused-ring (bicyclic) bond motifs is 1. The van der Waals surface area contributed by atoms with Crippen molar-refractivity contribution in [2.24, 2.45) is 4.99 Å². The molecule has 8 nitrogen and oxygen atoms in total. The van der Waals surface area contributed by atoms with Gasteiger partial charge in [-0.05, 0) is 36.6 Å². The fourth-order valence-corrected chi connectivity index (χ4v) is 5.30. The number of amidine groups is 1. The zero-order valence-corrected chi connectivity index (χ0v) is 21.7. The van der Waals surface area contributed by atoms with Gasteiger partial charge < -0.3 is 18.9 Å². The van der Waals surface area contributed by atoms with Gasteiger partial charge in [-0.3, -0.25) is 9.69 Å². The second kappa shape index (κ2) is 11.6. The normalized spacial score (nSPS) is 19.2. The van der Waals surface area contributed by atoms with Crippen molar-refractivity contribution in [1.29, 1.82) is 0 Å². The van der Waals surface area contributed by atoms with E-state index in [0.29, 0.717) is 46.5 Å². The highest BCUT2D eigenvalue weighted by Crippen LogP contribution is 2.45. The Morgan fingerprint density at radius 3 is 2.56 bits per heavy atom. The van der Waals surface area contributed by atoms with E-state index in [0.717, 1.165) is 5.56 Å². The van der Waals surface area contributed by atoms with Gasteiger partial charge in [0.1, 0.15) is 13.2 Å². The van der Waals surface area contributed by atoms with Crippen LogP contribution in [0.5, 0.6) is 11.5 Å². The quantitative estimate of drug-likeness (QED) is 0.344. The van der Waals surface area contributed by atoms with E-state index in [4.69, 9.17) is 18.9 Å². The minimum atomic E-state index is -0.693. The first-order valence-corrected chi connectivity index (χ1v) is 12.7. The van der Waals surface area contributed by atoms with Gasteiger partial charge in [0.05, 0.1) is 36.3 Å². The number of nitrogens with zero attached hydrogens (tertiary/aromatic N) is 2.